The summed E-state index contributed by atoms with van der Waals surface area (Å²) in [7, 11) is 0. The molecule has 0 aliphatic heterocycles. The molecule has 6 heteroatoms. The van der Waals surface area contributed by atoms with Gasteiger partial charge in [0.15, 0.2) is 10.9 Å². The molecular weight excluding hydrogens is 336 g/mol. The first-order valence-electron chi connectivity index (χ1n) is 6.54. The van der Waals surface area contributed by atoms with E-state index in [1.807, 2.05) is 29.1 Å². The van der Waals surface area contributed by atoms with Crippen molar-refractivity contribution < 1.29 is 0 Å². The Morgan fingerprint density at radius 2 is 2.05 bits per heavy atom. The van der Waals surface area contributed by atoms with Crippen LogP contribution in [0.15, 0.2) is 41.0 Å². The third-order valence-electron chi connectivity index (χ3n) is 3.05. The second kappa shape index (κ2) is 5.93. The van der Waals surface area contributed by atoms with Crippen molar-refractivity contribution in [3.8, 4) is 0 Å². The maximum absolute atomic E-state index is 5.23. The summed E-state index contributed by atoms with van der Waals surface area (Å²) in [6.07, 6.45) is 4.36. The van der Waals surface area contributed by atoms with Crippen LogP contribution in [-0.4, -0.2) is 20.9 Å². The molecule has 0 saturated heterocycles. The molecule has 1 aliphatic rings. The Hall–Kier alpha value is -1.40. The van der Waals surface area contributed by atoms with E-state index in [2.05, 4.69) is 43.8 Å². The van der Waals surface area contributed by atoms with Crippen LogP contribution in [0.25, 0.3) is 0 Å². The van der Waals surface area contributed by atoms with E-state index < -0.39 is 0 Å². The van der Waals surface area contributed by atoms with Crippen LogP contribution in [0.2, 0.25) is 0 Å². The van der Waals surface area contributed by atoms with Gasteiger partial charge in [0, 0.05) is 22.8 Å². The lowest BCUT2D eigenvalue weighted by molar-refractivity contribution is 0.689. The molecule has 2 aromatic rings. The van der Waals surface area contributed by atoms with E-state index in [-0.39, 0.29) is 0 Å². The minimum Gasteiger partial charge on any atom is -0.360 e. The Morgan fingerprint density at radius 1 is 1.30 bits per heavy atom. The maximum Gasteiger partial charge on any atom is 0.172 e. The molecular formula is C14H15BrN4S. The van der Waals surface area contributed by atoms with Crippen molar-refractivity contribution in [2.24, 2.45) is 0 Å². The van der Waals surface area contributed by atoms with Gasteiger partial charge in [0.25, 0.3) is 0 Å². The molecule has 1 aromatic carbocycles. The zero-order chi connectivity index (χ0) is 13.9. The van der Waals surface area contributed by atoms with Crippen LogP contribution in [0.3, 0.4) is 0 Å². The fraction of sp³-hybridized carbons (Fsp3) is 0.286. The lowest BCUT2D eigenvalue weighted by Gasteiger charge is -2.06. The zero-order valence-corrected chi connectivity index (χ0v) is 13.2. The molecule has 1 saturated carbocycles. The SMILES string of the molecule is S=C(Nc1ccn(Cc2ccc(Br)cc2)n1)NC1CC1. The fourth-order valence-electron chi connectivity index (χ4n) is 1.86. The highest BCUT2D eigenvalue weighted by Crippen LogP contribution is 2.18. The van der Waals surface area contributed by atoms with Crippen molar-refractivity contribution in [3.05, 3.63) is 46.6 Å². The first-order chi connectivity index (χ1) is 9.69. The number of nitrogens with zero attached hydrogens (tertiary/aromatic N) is 2. The van der Waals surface area contributed by atoms with Crippen molar-refractivity contribution in [1.82, 2.24) is 15.1 Å². The van der Waals surface area contributed by atoms with E-state index in [4.69, 9.17) is 12.2 Å². The number of anilines is 1. The molecule has 1 heterocycles. The van der Waals surface area contributed by atoms with E-state index in [0.29, 0.717) is 11.2 Å². The molecule has 1 fully saturated rings. The predicted octanol–water partition coefficient (Wildman–Crippen LogP) is 3.14. The number of benzene rings is 1. The van der Waals surface area contributed by atoms with E-state index >= 15 is 0 Å². The average molecular weight is 351 g/mol. The summed E-state index contributed by atoms with van der Waals surface area (Å²) < 4.78 is 2.98. The number of thiocarbonyl (C=S) groups is 1. The van der Waals surface area contributed by atoms with Crippen LogP contribution in [0, 0.1) is 0 Å². The van der Waals surface area contributed by atoms with Crippen LogP contribution in [0.1, 0.15) is 18.4 Å². The highest BCUT2D eigenvalue weighted by molar-refractivity contribution is 9.10. The van der Waals surface area contributed by atoms with Crippen LogP contribution in [0.4, 0.5) is 5.82 Å². The predicted molar refractivity (Wildman–Crippen MR) is 87.8 cm³/mol. The molecule has 2 N–H and O–H groups in total. The summed E-state index contributed by atoms with van der Waals surface area (Å²) in [4.78, 5) is 0. The van der Waals surface area contributed by atoms with Gasteiger partial charge >= 0.3 is 0 Å². The van der Waals surface area contributed by atoms with Crippen molar-refractivity contribution in [2.75, 3.05) is 5.32 Å². The molecule has 0 radical (unpaired) electrons. The minimum absolute atomic E-state index is 0.555. The number of halogens is 1. The van der Waals surface area contributed by atoms with E-state index in [9.17, 15) is 0 Å². The molecule has 0 amide bonds. The molecule has 0 spiro atoms. The lowest BCUT2D eigenvalue weighted by Crippen LogP contribution is -2.30. The average Bonchev–Trinajstić information content (AvgIpc) is 3.12. The third-order valence-corrected chi connectivity index (χ3v) is 3.80. The Kier molecular flexibility index (Phi) is 4.03. The van der Waals surface area contributed by atoms with Gasteiger partial charge in [0.2, 0.25) is 0 Å². The van der Waals surface area contributed by atoms with E-state index in [0.717, 1.165) is 16.8 Å². The van der Waals surface area contributed by atoms with Gasteiger partial charge in [-0.05, 0) is 42.8 Å². The van der Waals surface area contributed by atoms with Gasteiger partial charge in [-0.25, -0.2) is 0 Å². The number of nitrogens with one attached hydrogen (secondary N) is 2. The van der Waals surface area contributed by atoms with Crippen molar-refractivity contribution in [1.29, 1.82) is 0 Å². The van der Waals surface area contributed by atoms with Crippen molar-refractivity contribution >= 4 is 39.1 Å². The van der Waals surface area contributed by atoms with Crippen molar-refractivity contribution in [2.45, 2.75) is 25.4 Å². The van der Waals surface area contributed by atoms with E-state index in [1.54, 1.807) is 0 Å². The number of hydrogen-bond donors (Lipinski definition) is 2. The highest BCUT2D eigenvalue weighted by Gasteiger charge is 2.21. The molecule has 0 bridgehead atoms. The normalized spacial score (nSPS) is 14.1. The first-order valence-corrected chi connectivity index (χ1v) is 7.74. The van der Waals surface area contributed by atoms with Gasteiger partial charge in [-0.15, -0.1) is 0 Å². The Balaban J connectivity index is 1.58. The fourth-order valence-corrected chi connectivity index (χ4v) is 2.39. The second-order valence-corrected chi connectivity index (χ2v) is 6.22. The van der Waals surface area contributed by atoms with Crippen LogP contribution < -0.4 is 10.6 Å². The summed E-state index contributed by atoms with van der Waals surface area (Å²) in [6.45, 7) is 0.748. The molecule has 104 valence electrons. The molecule has 20 heavy (non-hydrogen) atoms. The summed E-state index contributed by atoms with van der Waals surface area (Å²) in [5.74, 6) is 0.778. The van der Waals surface area contributed by atoms with Crippen LogP contribution in [0.5, 0.6) is 0 Å². The standard InChI is InChI=1S/C14H15BrN4S/c15-11-3-1-10(2-4-11)9-19-8-7-13(18-19)17-14(20)16-12-5-6-12/h1-4,7-8,12H,5-6,9H2,(H2,16,17,18,20). The molecule has 1 aliphatic carbocycles. The van der Waals surface area contributed by atoms with Crippen LogP contribution in [-0.2, 0) is 6.54 Å². The molecule has 0 atom stereocenters. The monoisotopic (exact) mass is 350 g/mol. The molecule has 4 nitrogen and oxygen atoms in total. The summed E-state index contributed by atoms with van der Waals surface area (Å²) in [6, 6.07) is 10.7. The Bertz CT molecular complexity index is 604. The third kappa shape index (κ3) is 3.80. The van der Waals surface area contributed by atoms with E-state index in [1.165, 1.54) is 18.4 Å². The summed E-state index contributed by atoms with van der Waals surface area (Å²) >= 11 is 8.66. The minimum atomic E-state index is 0.555. The summed E-state index contributed by atoms with van der Waals surface area (Å²) in [5, 5.41) is 11.5. The number of rotatable bonds is 4. The zero-order valence-electron chi connectivity index (χ0n) is 10.8. The lowest BCUT2D eigenvalue weighted by atomic mass is 10.2. The Labute approximate surface area is 131 Å². The van der Waals surface area contributed by atoms with Crippen LogP contribution >= 0.6 is 28.1 Å². The van der Waals surface area contributed by atoms with Gasteiger partial charge in [-0.1, -0.05) is 28.1 Å². The maximum atomic E-state index is 5.23. The summed E-state index contributed by atoms with van der Waals surface area (Å²) in [5.41, 5.74) is 1.21. The van der Waals surface area contributed by atoms with Gasteiger partial charge in [0.05, 0.1) is 6.54 Å². The quantitative estimate of drug-likeness (QED) is 0.831. The number of hydrogen-bond acceptors (Lipinski definition) is 2. The van der Waals surface area contributed by atoms with Crippen molar-refractivity contribution in [3.63, 3.8) is 0 Å². The van der Waals surface area contributed by atoms with Gasteiger partial charge in [-0.3, -0.25) is 4.68 Å². The second-order valence-electron chi connectivity index (χ2n) is 4.90. The van der Waals surface area contributed by atoms with Gasteiger partial charge in [0.1, 0.15) is 0 Å². The van der Waals surface area contributed by atoms with Gasteiger partial charge < -0.3 is 10.6 Å². The molecule has 0 unspecified atom stereocenters. The topological polar surface area (TPSA) is 41.9 Å². The smallest absolute Gasteiger partial charge is 0.172 e. The highest BCUT2D eigenvalue weighted by atomic mass is 79.9. The molecule has 1 aromatic heterocycles. The Morgan fingerprint density at radius 3 is 2.75 bits per heavy atom. The van der Waals surface area contributed by atoms with Gasteiger partial charge in [-0.2, -0.15) is 5.10 Å². The first kappa shape index (κ1) is 13.6. The largest absolute Gasteiger partial charge is 0.360 e. The molecule has 3 rings (SSSR count). The number of aromatic nitrogens is 2.